The third-order valence-electron chi connectivity index (χ3n) is 2.48. The van der Waals surface area contributed by atoms with Crippen LogP contribution in [-0.4, -0.2) is 18.5 Å². The van der Waals surface area contributed by atoms with Crippen molar-refractivity contribution in [2.45, 2.75) is 13.8 Å². The maximum Gasteiger partial charge on any atom is 0.341 e. The molecule has 2 rings (SSSR count). The lowest BCUT2D eigenvalue weighted by atomic mass is 10.3. The first-order chi connectivity index (χ1) is 9.52. The number of anilines is 2. The van der Waals surface area contributed by atoms with Gasteiger partial charge in [0.05, 0.1) is 17.9 Å². The Hall–Kier alpha value is -1.86. The van der Waals surface area contributed by atoms with Crippen LogP contribution in [-0.2, 0) is 4.74 Å². The highest BCUT2D eigenvalue weighted by molar-refractivity contribution is 7.17. The van der Waals surface area contributed by atoms with Crippen LogP contribution in [0.1, 0.15) is 31.8 Å². The molecule has 7 heteroatoms. The van der Waals surface area contributed by atoms with Crippen LogP contribution >= 0.6 is 22.7 Å². The van der Waals surface area contributed by atoms with Gasteiger partial charge >= 0.3 is 5.97 Å². The standard InChI is InChI=1S/C13H14N2O3S2/c1-3-18-13(17)8-6-7(2)20-12(8)15-11(16)10-9(14)4-5-19-10/h4-6H,3,14H2,1-2H3,(H,15,16). The fourth-order valence-electron chi connectivity index (χ4n) is 1.63. The molecule has 106 valence electrons. The average Bonchev–Trinajstić information content (AvgIpc) is 2.96. The fraction of sp³-hybridized carbons (Fsp3) is 0.231. The number of carbonyl (C=O) groups is 2. The molecule has 0 fully saturated rings. The largest absolute Gasteiger partial charge is 0.462 e. The molecular weight excluding hydrogens is 296 g/mol. The van der Waals surface area contributed by atoms with Crippen LogP contribution in [0, 0.1) is 6.92 Å². The van der Waals surface area contributed by atoms with Crippen molar-refractivity contribution in [2.75, 3.05) is 17.7 Å². The van der Waals surface area contributed by atoms with Crippen LogP contribution in [0.2, 0.25) is 0 Å². The molecule has 2 heterocycles. The van der Waals surface area contributed by atoms with Gasteiger partial charge in [0, 0.05) is 4.88 Å². The normalized spacial score (nSPS) is 10.3. The van der Waals surface area contributed by atoms with E-state index in [0.29, 0.717) is 27.7 Å². The Bertz CT molecular complexity index is 646. The predicted octanol–water partition coefficient (Wildman–Crippen LogP) is 3.13. The molecule has 0 bridgehead atoms. The van der Waals surface area contributed by atoms with E-state index in [1.807, 2.05) is 6.92 Å². The number of ether oxygens (including phenoxy) is 1. The molecule has 2 aromatic heterocycles. The van der Waals surface area contributed by atoms with E-state index in [-0.39, 0.29) is 5.91 Å². The Labute approximate surface area is 124 Å². The van der Waals surface area contributed by atoms with Gasteiger partial charge in [-0.2, -0.15) is 0 Å². The van der Waals surface area contributed by atoms with Crippen molar-refractivity contribution in [1.82, 2.24) is 0 Å². The van der Waals surface area contributed by atoms with Crippen LogP contribution in [0.25, 0.3) is 0 Å². The van der Waals surface area contributed by atoms with Gasteiger partial charge in [0.1, 0.15) is 9.88 Å². The Morgan fingerprint density at radius 3 is 2.80 bits per heavy atom. The van der Waals surface area contributed by atoms with Crippen molar-refractivity contribution in [2.24, 2.45) is 0 Å². The second-order valence-corrected chi connectivity index (χ2v) is 6.15. The maximum absolute atomic E-state index is 12.1. The Kier molecular flexibility index (Phi) is 4.41. The summed E-state index contributed by atoms with van der Waals surface area (Å²) < 4.78 is 4.97. The van der Waals surface area contributed by atoms with Crippen molar-refractivity contribution in [3.8, 4) is 0 Å². The summed E-state index contributed by atoms with van der Waals surface area (Å²) in [5.41, 5.74) is 6.51. The van der Waals surface area contributed by atoms with Crippen molar-refractivity contribution in [3.63, 3.8) is 0 Å². The number of nitrogens with two attached hydrogens (primary N) is 1. The van der Waals surface area contributed by atoms with E-state index in [0.717, 1.165) is 4.88 Å². The fourth-order valence-corrected chi connectivity index (χ4v) is 3.24. The van der Waals surface area contributed by atoms with Gasteiger partial charge in [-0.05, 0) is 31.4 Å². The summed E-state index contributed by atoms with van der Waals surface area (Å²) in [7, 11) is 0. The number of hydrogen-bond acceptors (Lipinski definition) is 6. The van der Waals surface area contributed by atoms with E-state index >= 15 is 0 Å². The number of aryl methyl sites for hydroxylation is 1. The van der Waals surface area contributed by atoms with E-state index in [2.05, 4.69) is 5.32 Å². The monoisotopic (exact) mass is 310 g/mol. The topological polar surface area (TPSA) is 81.4 Å². The van der Waals surface area contributed by atoms with Gasteiger partial charge in [-0.1, -0.05) is 0 Å². The third kappa shape index (κ3) is 3.00. The van der Waals surface area contributed by atoms with Crippen LogP contribution in [0.4, 0.5) is 10.7 Å². The zero-order valence-electron chi connectivity index (χ0n) is 11.1. The second kappa shape index (κ2) is 6.06. The molecule has 0 saturated carbocycles. The molecule has 0 aliphatic rings. The van der Waals surface area contributed by atoms with Crippen LogP contribution in [0.3, 0.4) is 0 Å². The van der Waals surface area contributed by atoms with Gasteiger partial charge in [-0.3, -0.25) is 4.79 Å². The summed E-state index contributed by atoms with van der Waals surface area (Å²) in [5, 5.41) is 4.95. The van der Waals surface area contributed by atoms with Crippen molar-refractivity contribution >= 4 is 45.2 Å². The maximum atomic E-state index is 12.1. The molecule has 1 amide bonds. The van der Waals surface area contributed by atoms with Crippen molar-refractivity contribution in [3.05, 3.63) is 32.8 Å². The molecule has 0 aliphatic heterocycles. The minimum atomic E-state index is -0.439. The minimum absolute atomic E-state index is 0.291. The van der Waals surface area contributed by atoms with Crippen LogP contribution in [0.15, 0.2) is 17.5 Å². The molecule has 5 nitrogen and oxygen atoms in total. The van der Waals surface area contributed by atoms with Crippen LogP contribution < -0.4 is 11.1 Å². The lowest BCUT2D eigenvalue weighted by molar-refractivity contribution is 0.0528. The Morgan fingerprint density at radius 2 is 2.20 bits per heavy atom. The summed E-state index contributed by atoms with van der Waals surface area (Å²) in [5.74, 6) is -0.754. The predicted molar refractivity (Wildman–Crippen MR) is 81.7 cm³/mol. The zero-order chi connectivity index (χ0) is 14.7. The van der Waals surface area contributed by atoms with Crippen LogP contribution in [0.5, 0.6) is 0 Å². The lowest BCUT2D eigenvalue weighted by Crippen LogP contribution is -2.14. The number of nitrogen functional groups attached to an aromatic ring is 1. The van der Waals surface area contributed by atoms with Gasteiger partial charge < -0.3 is 15.8 Å². The number of hydrogen-bond donors (Lipinski definition) is 2. The molecule has 0 atom stereocenters. The molecule has 0 saturated heterocycles. The second-order valence-electron chi connectivity index (χ2n) is 3.98. The van der Waals surface area contributed by atoms with Gasteiger partial charge in [0.2, 0.25) is 0 Å². The molecule has 0 unspecified atom stereocenters. The van der Waals surface area contributed by atoms with E-state index < -0.39 is 5.97 Å². The highest BCUT2D eigenvalue weighted by Gasteiger charge is 2.19. The number of carbonyl (C=O) groups excluding carboxylic acids is 2. The summed E-state index contributed by atoms with van der Waals surface area (Å²) in [6.45, 7) is 3.89. The quantitative estimate of drug-likeness (QED) is 0.850. The van der Waals surface area contributed by atoms with Gasteiger partial charge in [-0.15, -0.1) is 22.7 Å². The molecular formula is C13H14N2O3S2. The molecule has 0 radical (unpaired) electrons. The summed E-state index contributed by atoms with van der Waals surface area (Å²) in [4.78, 5) is 25.3. The first kappa shape index (κ1) is 14.5. The van der Waals surface area contributed by atoms with E-state index in [1.165, 1.54) is 22.7 Å². The third-order valence-corrected chi connectivity index (χ3v) is 4.37. The number of rotatable bonds is 4. The average molecular weight is 310 g/mol. The Morgan fingerprint density at radius 1 is 1.45 bits per heavy atom. The molecule has 3 N–H and O–H groups in total. The zero-order valence-corrected chi connectivity index (χ0v) is 12.7. The van der Waals surface area contributed by atoms with Gasteiger partial charge in [0.15, 0.2) is 0 Å². The minimum Gasteiger partial charge on any atom is -0.462 e. The van der Waals surface area contributed by atoms with E-state index in [9.17, 15) is 9.59 Å². The number of nitrogens with one attached hydrogen (secondary N) is 1. The lowest BCUT2D eigenvalue weighted by Gasteiger charge is -2.05. The van der Waals surface area contributed by atoms with E-state index in [1.54, 1.807) is 24.4 Å². The van der Waals surface area contributed by atoms with E-state index in [4.69, 9.17) is 10.5 Å². The first-order valence-corrected chi connectivity index (χ1v) is 7.64. The number of esters is 1. The summed E-state index contributed by atoms with van der Waals surface area (Å²) in [6, 6.07) is 3.38. The first-order valence-electron chi connectivity index (χ1n) is 5.94. The number of amides is 1. The molecule has 20 heavy (non-hydrogen) atoms. The van der Waals surface area contributed by atoms with Gasteiger partial charge in [0.25, 0.3) is 5.91 Å². The number of thiophene rings is 2. The highest BCUT2D eigenvalue weighted by Crippen LogP contribution is 2.30. The SMILES string of the molecule is CCOC(=O)c1cc(C)sc1NC(=O)c1sccc1N. The Balaban J connectivity index is 2.23. The molecule has 0 spiro atoms. The van der Waals surface area contributed by atoms with Gasteiger partial charge in [-0.25, -0.2) is 4.79 Å². The highest BCUT2D eigenvalue weighted by atomic mass is 32.1. The summed E-state index contributed by atoms with van der Waals surface area (Å²) >= 11 is 2.59. The molecule has 0 aliphatic carbocycles. The smallest absolute Gasteiger partial charge is 0.341 e. The molecule has 2 aromatic rings. The molecule has 0 aromatic carbocycles. The summed E-state index contributed by atoms with van der Waals surface area (Å²) in [6.07, 6.45) is 0. The van der Waals surface area contributed by atoms with Crippen molar-refractivity contribution in [1.29, 1.82) is 0 Å². The van der Waals surface area contributed by atoms with Crippen molar-refractivity contribution < 1.29 is 14.3 Å².